The molecule has 48 heavy (non-hydrogen) atoms. The largest absolute Gasteiger partial charge is 0.493 e. The van der Waals surface area contributed by atoms with Gasteiger partial charge in [-0.1, -0.05) is 30.3 Å². The molecule has 1 atom stereocenters. The van der Waals surface area contributed by atoms with Gasteiger partial charge in [-0.05, 0) is 90.4 Å². The molecule has 0 unspecified atom stereocenters. The Hall–Kier alpha value is -4.95. The van der Waals surface area contributed by atoms with Crippen molar-refractivity contribution in [2.45, 2.75) is 33.4 Å². The summed E-state index contributed by atoms with van der Waals surface area (Å²) in [5.41, 5.74) is 5.91. The second-order valence-electron chi connectivity index (χ2n) is 10.2. The number of para-hydroxylation sites is 1. The highest BCUT2D eigenvalue weighted by Gasteiger charge is 2.32. The van der Waals surface area contributed by atoms with Crippen LogP contribution in [0.25, 0.3) is 0 Å². The summed E-state index contributed by atoms with van der Waals surface area (Å²) in [6.45, 7) is 5.63. The minimum atomic E-state index is -0.646. The van der Waals surface area contributed by atoms with Crippen molar-refractivity contribution in [3.63, 3.8) is 0 Å². The molecule has 0 radical (unpaired) electrons. The number of hydrogen-bond donors (Lipinski definition) is 3. The third-order valence-electron chi connectivity index (χ3n) is 6.86. The van der Waals surface area contributed by atoms with E-state index < -0.39 is 17.9 Å². The SMILES string of the molecule is CCOC(=O)C1=C(C)NC(=S)N[C@H]1c1ccccc1OCC(=O)NN=Cc1cc(Br)c(OCc2ccc(C(=O)OCC)cc2)c(OC)c1. The van der Waals surface area contributed by atoms with Gasteiger partial charge in [0.05, 0.1) is 48.2 Å². The van der Waals surface area contributed by atoms with Crippen LogP contribution in [0.3, 0.4) is 0 Å². The molecule has 3 N–H and O–H groups in total. The lowest BCUT2D eigenvalue weighted by Crippen LogP contribution is -2.45. The summed E-state index contributed by atoms with van der Waals surface area (Å²) in [7, 11) is 1.51. The Morgan fingerprint density at radius 2 is 1.69 bits per heavy atom. The van der Waals surface area contributed by atoms with Crippen LogP contribution in [0.15, 0.2) is 81.5 Å². The normalized spacial score (nSPS) is 14.1. The number of rotatable bonds is 14. The number of nitrogens with zero attached hydrogens (tertiary/aromatic N) is 1. The highest BCUT2D eigenvalue weighted by atomic mass is 79.9. The third kappa shape index (κ3) is 9.32. The van der Waals surface area contributed by atoms with Gasteiger partial charge in [-0.25, -0.2) is 15.0 Å². The summed E-state index contributed by atoms with van der Waals surface area (Å²) in [6, 6.07) is 16.8. The Morgan fingerprint density at radius 3 is 2.40 bits per heavy atom. The van der Waals surface area contributed by atoms with Crippen LogP contribution in [-0.2, 0) is 25.7 Å². The standard InChI is InChI=1S/C34H35BrN4O8S/c1-5-44-32(41)23-13-11-21(12-14-23)18-47-31-25(35)15-22(16-27(31)43-4)17-36-39-28(40)19-46-26-10-8-7-9-24(26)30-29(33(42)45-6-2)20(3)37-34(48)38-30/h7-17,30H,5-6,18-19H2,1-4H3,(H,39,40)(H2,37,38,48)/t30-/m0/s1. The van der Waals surface area contributed by atoms with E-state index in [9.17, 15) is 14.4 Å². The summed E-state index contributed by atoms with van der Waals surface area (Å²) in [4.78, 5) is 37.3. The monoisotopic (exact) mass is 738 g/mol. The number of methoxy groups -OCH3 is 1. The van der Waals surface area contributed by atoms with Crippen molar-refractivity contribution in [2.24, 2.45) is 5.10 Å². The number of benzene rings is 3. The van der Waals surface area contributed by atoms with Crippen molar-refractivity contribution >= 4 is 57.3 Å². The number of ether oxygens (including phenoxy) is 5. The minimum Gasteiger partial charge on any atom is -0.493 e. The first-order chi connectivity index (χ1) is 23.1. The molecule has 1 aliphatic rings. The van der Waals surface area contributed by atoms with E-state index in [1.807, 2.05) is 0 Å². The van der Waals surface area contributed by atoms with E-state index in [1.54, 1.807) is 81.4 Å². The fraction of sp³-hybridized carbons (Fsp3) is 0.265. The van der Waals surface area contributed by atoms with Crippen LogP contribution in [0, 0.1) is 0 Å². The van der Waals surface area contributed by atoms with Gasteiger partial charge in [-0.15, -0.1) is 0 Å². The summed E-state index contributed by atoms with van der Waals surface area (Å²) in [6.07, 6.45) is 1.45. The molecule has 1 aliphatic heterocycles. The van der Waals surface area contributed by atoms with Crippen LogP contribution in [0.4, 0.5) is 0 Å². The van der Waals surface area contributed by atoms with Gasteiger partial charge in [0, 0.05) is 11.3 Å². The van der Waals surface area contributed by atoms with Gasteiger partial charge < -0.3 is 34.3 Å². The first kappa shape index (κ1) is 35.9. The van der Waals surface area contributed by atoms with E-state index in [0.29, 0.717) is 61.4 Å². The zero-order valence-corrected chi connectivity index (χ0v) is 29.2. The molecule has 0 saturated heterocycles. The number of amides is 1. The van der Waals surface area contributed by atoms with E-state index in [-0.39, 0.29) is 25.8 Å². The Morgan fingerprint density at radius 1 is 0.979 bits per heavy atom. The fourth-order valence-electron chi connectivity index (χ4n) is 4.67. The Kier molecular flexibility index (Phi) is 12.9. The lowest BCUT2D eigenvalue weighted by Gasteiger charge is -2.30. The molecule has 14 heteroatoms. The lowest BCUT2D eigenvalue weighted by molar-refractivity contribution is -0.139. The maximum Gasteiger partial charge on any atom is 0.338 e. The Balaban J connectivity index is 1.37. The molecule has 1 amide bonds. The molecule has 0 spiro atoms. The number of carbonyl (C=O) groups excluding carboxylic acids is 3. The van der Waals surface area contributed by atoms with Crippen molar-refractivity contribution in [1.82, 2.24) is 16.1 Å². The minimum absolute atomic E-state index is 0.211. The number of hydrazone groups is 1. The van der Waals surface area contributed by atoms with E-state index in [1.165, 1.54) is 13.3 Å². The lowest BCUT2D eigenvalue weighted by atomic mass is 9.95. The molecule has 0 saturated carbocycles. The molecule has 3 aromatic rings. The van der Waals surface area contributed by atoms with Gasteiger partial charge in [-0.3, -0.25) is 4.79 Å². The van der Waals surface area contributed by atoms with Crippen LogP contribution in [0.1, 0.15) is 53.9 Å². The van der Waals surface area contributed by atoms with E-state index >= 15 is 0 Å². The molecule has 0 aromatic heterocycles. The number of nitrogens with one attached hydrogen (secondary N) is 3. The number of hydrogen-bond acceptors (Lipinski definition) is 10. The van der Waals surface area contributed by atoms with Gasteiger partial charge in [0.2, 0.25) is 0 Å². The van der Waals surface area contributed by atoms with Crippen molar-refractivity contribution < 1.29 is 38.1 Å². The van der Waals surface area contributed by atoms with Crippen molar-refractivity contribution in [1.29, 1.82) is 0 Å². The van der Waals surface area contributed by atoms with Crippen LogP contribution in [0.5, 0.6) is 17.2 Å². The molecule has 252 valence electrons. The molecule has 0 fully saturated rings. The van der Waals surface area contributed by atoms with Crippen LogP contribution in [0.2, 0.25) is 0 Å². The maximum atomic E-state index is 12.8. The quantitative estimate of drug-likeness (QED) is 0.0879. The first-order valence-electron chi connectivity index (χ1n) is 14.9. The average molecular weight is 740 g/mol. The molecule has 4 rings (SSSR count). The van der Waals surface area contributed by atoms with Crippen LogP contribution in [-0.4, -0.2) is 56.1 Å². The number of allylic oxidation sites excluding steroid dienone is 1. The van der Waals surface area contributed by atoms with Crippen LogP contribution >= 0.6 is 28.1 Å². The smallest absolute Gasteiger partial charge is 0.338 e. The predicted molar refractivity (Wildman–Crippen MR) is 186 cm³/mol. The zero-order chi connectivity index (χ0) is 34.6. The van der Waals surface area contributed by atoms with Crippen molar-refractivity contribution in [3.8, 4) is 17.2 Å². The average Bonchev–Trinajstić information content (AvgIpc) is 3.06. The zero-order valence-electron chi connectivity index (χ0n) is 26.8. The highest BCUT2D eigenvalue weighted by Crippen LogP contribution is 2.37. The topological polar surface area (TPSA) is 146 Å². The summed E-state index contributed by atoms with van der Waals surface area (Å²) in [5.74, 6) is -0.0812. The van der Waals surface area contributed by atoms with Gasteiger partial charge in [0.15, 0.2) is 23.2 Å². The summed E-state index contributed by atoms with van der Waals surface area (Å²) < 4.78 is 28.3. The Labute approximate surface area is 291 Å². The van der Waals surface area contributed by atoms with Crippen LogP contribution < -0.4 is 30.3 Å². The van der Waals surface area contributed by atoms with Crippen molar-refractivity contribution in [3.05, 3.63) is 98.7 Å². The second-order valence-corrected chi connectivity index (χ2v) is 11.4. The highest BCUT2D eigenvalue weighted by molar-refractivity contribution is 9.10. The number of thiocarbonyl (C=S) groups is 1. The predicted octanol–water partition coefficient (Wildman–Crippen LogP) is 5.10. The number of halogens is 1. The van der Waals surface area contributed by atoms with E-state index in [2.05, 4.69) is 37.1 Å². The summed E-state index contributed by atoms with van der Waals surface area (Å²) in [5, 5.41) is 10.4. The molecular weight excluding hydrogens is 704 g/mol. The van der Waals surface area contributed by atoms with Gasteiger partial charge in [0.1, 0.15) is 12.4 Å². The van der Waals surface area contributed by atoms with E-state index in [4.69, 9.17) is 35.9 Å². The first-order valence-corrected chi connectivity index (χ1v) is 16.1. The fourth-order valence-corrected chi connectivity index (χ4v) is 5.52. The van der Waals surface area contributed by atoms with E-state index in [0.717, 1.165) is 5.56 Å². The third-order valence-corrected chi connectivity index (χ3v) is 7.67. The molecule has 12 nitrogen and oxygen atoms in total. The van der Waals surface area contributed by atoms with Gasteiger partial charge in [-0.2, -0.15) is 5.10 Å². The van der Waals surface area contributed by atoms with Crippen molar-refractivity contribution in [2.75, 3.05) is 26.9 Å². The Bertz CT molecular complexity index is 1730. The number of esters is 2. The number of carbonyl (C=O) groups is 3. The maximum absolute atomic E-state index is 12.8. The molecule has 3 aromatic carbocycles. The molecule has 0 bridgehead atoms. The molecule has 0 aliphatic carbocycles. The second kappa shape index (κ2) is 17.3. The van der Waals surface area contributed by atoms with Gasteiger partial charge >= 0.3 is 11.9 Å². The molecular formula is C34H35BrN4O8S. The summed E-state index contributed by atoms with van der Waals surface area (Å²) >= 11 is 8.84. The van der Waals surface area contributed by atoms with Gasteiger partial charge in [0.25, 0.3) is 5.91 Å². The molecule has 1 heterocycles.